The molecular weight excluding hydrogens is 248 g/mol. The van der Waals surface area contributed by atoms with Gasteiger partial charge in [0.2, 0.25) is 0 Å². The van der Waals surface area contributed by atoms with Crippen LogP contribution in [0.3, 0.4) is 0 Å². The normalized spacial score (nSPS) is 11.2. The van der Waals surface area contributed by atoms with Crippen LogP contribution in [0.2, 0.25) is 0 Å². The van der Waals surface area contributed by atoms with E-state index < -0.39 is 17.9 Å². The maximum absolute atomic E-state index is 11.8. The van der Waals surface area contributed by atoms with Crippen LogP contribution in [0.4, 0.5) is 0 Å². The fourth-order valence-electron chi connectivity index (χ4n) is 1.37. The van der Waals surface area contributed by atoms with Crippen LogP contribution in [0.1, 0.15) is 33.1 Å². The summed E-state index contributed by atoms with van der Waals surface area (Å²) in [6, 6.07) is 3.69. The Hall–Kier alpha value is -2.08. The monoisotopic (exact) mass is 266 g/mol. The summed E-state index contributed by atoms with van der Waals surface area (Å²) in [6.45, 7) is 3.53. The molecule has 0 saturated heterocycles. The average molecular weight is 266 g/mol. The van der Waals surface area contributed by atoms with Crippen LogP contribution in [-0.4, -0.2) is 25.2 Å². The van der Waals surface area contributed by atoms with Crippen molar-refractivity contribution in [3.63, 3.8) is 0 Å². The zero-order chi connectivity index (χ0) is 14.7. The lowest BCUT2D eigenvalue weighted by Gasteiger charge is -2.19. The van der Waals surface area contributed by atoms with Crippen molar-refractivity contribution in [2.24, 2.45) is 11.8 Å². The number of carbonyl (C=O) groups excluding carboxylic acids is 2. The highest BCUT2D eigenvalue weighted by molar-refractivity contribution is 5.95. The van der Waals surface area contributed by atoms with Crippen molar-refractivity contribution in [3.8, 4) is 12.1 Å². The summed E-state index contributed by atoms with van der Waals surface area (Å²) in [5.41, 5.74) is 0. The first-order valence-electron chi connectivity index (χ1n) is 6.15. The third-order valence-electron chi connectivity index (χ3n) is 2.64. The number of hydrogen-bond donors (Lipinski definition) is 0. The molecule has 0 aliphatic rings. The van der Waals surface area contributed by atoms with Gasteiger partial charge in [-0.2, -0.15) is 10.5 Å². The molecule has 6 heteroatoms. The Labute approximate surface area is 112 Å². The lowest BCUT2D eigenvalue weighted by molar-refractivity contribution is -0.164. The summed E-state index contributed by atoms with van der Waals surface area (Å²) < 4.78 is 9.74. The Morgan fingerprint density at radius 3 is 1.79 bits per heavy atom. The SMILES string of the molecule is CCC(C)C(C(=O)OCCC#N)C(=O)OCCC#N. The number of hydrogen-bond acceptors (Lipinski definition) is 6. The summed E-state index contributed by atoms with van der Waals surface area (Å²) in [6.07, 6.45) is 0.788. The first kappa shape index (κ1) is 16.9. The minimum atomic E-state index is -0.998. The molecule has 0 fully saturated rings. The van der Waals surface area contributed by atoms with E-state index in [1.807, 2.05) is 19.1 Å². The third kappa shape index (κ3) is 6.42. The second-order valence-electron chi connectivity index (χ2n) is 4.01. The van der Waals surface area contributed by atoms with Gasteiger partial charge in [-0.3, -0.25) is 9.59 Å². The van der Waals surface area contributed by atoms with E-state index >= 15 is 0 Å². The largest absolute Gasteiger partial charge is 0.464 e. The molecule has 0 amide bonds. The van der Waals surface area contributed by atoms with Gasteiger partial charge < -0.3 is 9.47 Å². The minimum Gasteiger partial charge on any atom is -0.464 e. The summed E-state index contributed by atoms with van der Waals surface area (Å²) in [4.78, 5) is 23.6. The van der Waals surface area contributed by atoms with E-state index in [1.165, 1.54) is 0 Å². The third-order valence-corrected chi connectivity index (χ3v) is 2.64. The van der Waals surface area contributed by atoms with Gasteiger partial charge in [-0.1, -0.05) is 20.3 Å². The standard InChI is InChI=1S/C13H18N2O4/c1-3-10(2)11(12(16)18-8-4-6-14)13(17)19-9-5-7-15/h10-11H,3-5,8-9H2,1-2H3. The fraction of sp³-hybridized carbons (Fsp3) is 0.692. The lowest BCUT2D eigenvalue weighted by atomic mass is 9.92. The van der Waals surface area contributed by atoms with Gasteiger partial charge in [0.25, 0.3) is 0 Å². The van der Waals surface area contributed by atoms with Crippen molar-refractivity contribution in [3.05, 3.63) is 0 Å². The highest BCUT2D eigenvalue weighted by atomic mass is 16.6. The first-order chi connectivity index (χ1) is 9.08. The van der Waals surface area contributed by atoms with Gasteiger partial charge >= 0.3 is 11.9 Å². The van der Waals surface area contributed by atoms with Crippen LogP contribution in [0, 0.1) is 34.5 Å². The molecule has 0 aromatic rings. The molecule has 19 heavy (non-hydrogen) atoms. The van der Waals surface area contributed by atoms with E-state index in [2.05, 4.69) is 0 Å². The first-order valence-corrected chi connectivity index (χ1v) is 6.15. The molecular formula is C13H18N2O4. The smallest absolute Gasteiger partial charge is 0.320 e. The summed E-state index contributed by atoms with van der Waals surface area (Å²) in [5.74, 6) is -2.57. The highest BCUT2D eigenvalue weighted by Gasteiger charge is 2.34. The Morgan fingerprint density at radius 2 is 1.47 bits per heavy atom. The predicted octanol–water partition coefficient (Wildman–Crippen LogP) is 1.56. The zero-order valence-corrected chi connectivity index (χ0v) is 11.2. The molecule has 1 unspecified atom stereocenters. The van der Waals surface area contributed by atoms with E-state index in [0.29, 0.717) is 6.42 Å². The fourth-order valence-corrected chi connectivity index (χ4v) is 1.37. The number of nitriles is 2. The van der Waals surface area contributed by atoms with Crippen molar-refractivity contribution in [1.82, 2.24) is 0 Å². The van der Waals surface area contributed by atoms with E-state index in [1.54, 1.807) is 6.92 Å². The molecule has 104 valence electrons. The van der Waals surface area contributed by atoms with Crippen molar-refractivity contribution in [2.45, 2.75) is 33.1 Å². The van der Waals surface area contributed by atoms with Gasteiger partial charge in [0.05, 0.1) is 25.0 Å². The molecule has 0 bridgehead atoms. The number of ether oxygens (including phenoxy) is 2. The van der Waals surface area contributed by atoms with Crippen LogP contribution in [0.25, 0.3) is 0 Å². The van der Waals surface area contributed by atoms with Crippen molar-refractivity contribution < 1.29 is 19.1 Å². The second-order valence-corrected chi connectivity index (χ2v) is 4.01. The molecule has 1 atom stereocenters. The molecule has 0 N–H and O–H groups in total. The maximum Gasteiger partial charge on any atom is 0.320 e. The molecule has 0 saturated carbocycles. The van der Waals surface area contributed by atoms with Gasteiger partial charge in [-0.25, -0.2) is 0 Å². The molecule has 6 nitrogen and oxygen atoms in total. The topological polar surface area (TPSA) is 100 Å². The van der Waals surface area contributed by atoms with E-state index in [-0.39, 0.29) is 32.0 Å². The average Bonchev–Trinajstić information content (AvgIpc) is 2.39. The molecule has 0 rings (SSSR count). The van der Waals surface area contributed by atoms with Crippen molar-refractivity contribution in [2.75, 3.05) is 13.2 Å². The number of rotatable bonds is 8. The molecule has 0 aromatic heterocycles. The molecule has 0 aliphatic carbocycles. The van der Waals surface area contributed by atoms with Gasteiger partial charge in [0.15, 0.2) is 5.92 Å². The lowest BCUT2D eigenvalue weighted by Crippen LogP contribution is -2.33. The van der Waals surface area contributed by atoms with Crippen molar-refractivity contribution >= 4 is 11.9 Å². The van der Waals surface area contributed by atoms with Gasteiger partial charge in [-0.05, 0) is 5.92 Å². The summed E-state index contributed by atoms with van der Waals surface area (Å²) in [7, 11) is 0. The van der Waals surface area contributed by atoms with Crippen LogP contribution in [-0.2, 0) is 19.1 Å². The number of carbonyl (C=O) groups is 2. The van der Waals surface area contributed by atoms with E-state index in [4.69, 9.17) is 20.0 Å². The highest BCUT2D eigenvalue weighted by Crippen LogP contribution is 2.19. The molecule has 0 radical (unpaired) electrons. The van der Waals surface area contributed by atoms with Gasteiger partial charge in [0, 0.05) is 0 Å². The summed E-state index contributed by atoms with van der Waals surface area (Å²) in [5, 5.41) is 16.7. The van der Waals surface area contributed by atoms with Crippen LogP contribution in [0.15, 0.2) is 0 Å². The predicted molar refractivity (Wildman–Crippen MR) is 65.3 cm³/mol. The Bertz CT molecular complexity index is 349. The van der Waals surface area contributed by atoms with Gasteiger partial charge in [-0.15, -0.1) is 0 Å². The summed E-state index contributed by atoms with van der Waals surface area (Å²) >= 11 is 0. The van der Waals surface area contributed by atoms with E-state index in [9.17, 15) is 9.59 Å². The Kier molecular flexibility index (Phi) is 8.82. The Morgan fingerprint density at radius 1 is 1.05 bits per heavy atom. The maximum atomic E-state index is 11.8. The Balaban J connectivity index is 4.54. The number of nitrogens with zero attached hydrogens (tertiary/aromatic N) is 2. The van der Waals surface area contributed by atoms with Crippen LogP contribution >= 0.6 is 0 Å². The van der Waals surface area contributed by atoms with Crippen molar-refractivity contribution in [1.29, 1.82) is 10.5 Å². The quantitative estimate of drug-likeness (QED) is 0.375. The van der Waals surface area contributed by atoms with Gasteiger partial charge in [0.1, 0.15) is 13.2 Å². The minimum absolute atomic E-state index is 0.0340. The zero-order valence-electron chi connectivity index (χ0n) is 11.2. The van der Waals surface area contributed by atoms with Crippen LogP contribution < -0.4 is 0 Å². The molecule has 0 aromatic carbocycles. The van der Waals surface area contributed by atoms with Crippen LogP contribution in [0.5, 0.6) is 0 Å². The molecule has 0 aliphatic heterocycles. The van der Waals surface area contributed by atoms with E-state index in [0.717, 1.165) is 0 Å². The number of esters is 2. The molecule has 0 heterocycles. The second kappa shape index (κ2) is 9.90. The molecule has 0 spiro atoms.